The summed E-state index contributed by atoms with van der Waals surface area (Å²) >= 11 is 0. The third-order valence-corrected chi connectivity index (χ3v) is 12.8. The smallest absolute Gasteiger partial charge is 0.0541 e. The summed E-state index contributed by atoms with van der Waals surface area (Å²) in [7, 11) is 0. The molecule has 0 saturated carbocycles. The molecule has 306 valence electrons. The molecule has 65 heavy (non-hydrogen) atoms. The lowest BCUT2D eigenvalue weighted by atomic mass is 10.1. The maximum Gasteiger partial charge on any atom is 0.0541 e. The van der Waals surface area contributed by atoms with Gasteiger partial charge in [-0.25, -0.2) is 0 Å². The fourth-order valence-electron chi connectivity index (χ4n) is 9.88. The topological polar surface area (TPSA) is 14.8 Å². The molecule has 0 fully saturated rings. The third-order valence-electron chi connectivity index (χ3n) is 12.8. The van der Waals surface area contributed by atoms with Gasteiger partial charge in [-0.15, -0.1) is 0 Å². The van der Waals surface area contributed by atoms with Gasteiger partial charge in [-0.3, -0.25) is 0 Å². The zero-order chi connectivity index (χ0) is 43.1. The van der Waals surface area contributed by atoms with E-state index in [2.05, 4.69) is 275 Å². The maximum atomic E-state index is 2.38. The van der Waals surface area contributed by atoms with E-state index in [1.165, 1.54) is 104 Å². The second kappa shape index (κ2) is 16.2. The predicted octanol–water partition coefficient (Wildman–Crippen LogP) is 16.7. The van der Waals surface area contributed by atoms with E-state index >= 15 is 0 Å². The van der Waals surface area contributed by atoms with Crippen molar-refractivity contribution in [1.29, 1.82) is 0 Å². The van der Waals surface area contributed by atoms with E-state index in [-0.39, 0.29) is 0 Å². The first-order valence-corrected chi connectivity index (χ1v) is 22.3. The van der Waals surface area contributed by atoms with Crippen LogP contribution in [-0.2, 0) is 0 Å². The Labute approximate surface area is 376 Å². The first-order chi connectivity index (χ1) is 32.3. The van der Waals surface area contributed by atoms with Crippen LogP contribution in [0.5, 0.6) is 0 Å². The van der Waals surface area contributed by atoms with Gasteiger partial charge < -0.3 is 13.7 Å². The van der Waals surface area contributed by atoms with Crippen molar-refractivity contribution in [2.45, 2.75) is 0 Å². The van der Waals surface area contributed by atoms with Crippen molar-refractivity contribution in [3.63, 3.8) is 0 Å². The van der Waals surface area contributed by atoms with Crippen LogP contribution in [0.25, 0.3) is 104 Å². The summed E-state index contributed by atoms with van der Waals surface area (Å²) in [5, 5.41) is 12.9. The minimum absolute atomic E-state index is 1.21. The molecule has 3 heterocycles. The van der Waals surface area contributed by atoms with Gasteiger partial charge in [0, 0.05) is 49.1 Å². The largest absolute Gasteiger partial charge is 0.309 e. The number of fused-ring (bicyclic) bond motifs is 11. The van der Waals surface area contributed by atoms with Crippen LogP contribution in [0.4, 0.5) is 0 Å². The van der Waals surface area contributed by atoms with Gasteiger partial charge in [0.15, 0.2) is 0 Å². The number of hydrogen-bond acceptors (Lipinski definition) is 0. The minimum atomic E-state index is 1.21. The van der Waals surface area contributed by atoms with Gasteiger partial charge >= 0.3 is 0 Å². The van der Waals surface area contributed by atoms with Crippen molar-refractivity contribution in [2.75, 3.05) is 0 Å². The van der Waals surface area contributed by atoms with E-state index in [0.717, 1.165) is 0 Å². The highest BCUT2D eigenvalue weighted by Crippen LogP contribution is 2.36. The molecule has 3 aromatic heterocycles. The Kier molecular flexibility index (Phi) is 9.50. The molecular weight excluding hydrogens is 787 g/mol. The van der Waals surface area contributed by atoms with Crippen LogP contribution < -0.4 is 0 Å². The molecular formula is C62H43N3. The Morgan fingerprint density at radius 3 is 1.00 bits per heavy atom. The standard InChI is InChI=1S/2C22H15N.C18H13N/c1-2-10-17-16(8-1)9-7-15-20(17)23-21-13-5-3-11-18(21)19-12-4-6-14-22(19)23;1-2-8-17-15-18(14-13-16(17)7-1)23-21-11-5-3-9-19(21)20-10-4-6-12-22(20)23;1-2-8-14(9-3-1)19-17-12-6-4-10-15(17)16-11-5-7-13-18(16)19/h2*1-15H;1-13H. The van der Waals surface area contributed by atoms with E-state index < -0.39 is 0 Å². The highest BCUT2D eigenvalue weighted by atomic mass is 15.0. The monoisotopic (exact) mass is 829 g/mol. The number of para-hydroxylation sites is 7. The molecule has 0 aliphatic heterocycles. The SMILES string of the molecule is c1ccc(-n2c3ccccc3c3ccccc32)cc1.c1ccc2c(-n3c4ccccc4c4ccccc43)cccc2c1.c1ccc2cc(-n3c4ccccc4c4ccccc43)ccc2c1. The van der Waals surface area contributed by atoms with Gasteiger partial charge in [-0.1, -0.05) is 194 Å². The second-order valence-electron chi connectivity index (χ2n) is 16.5. The van der Waals surface area contributed by atoms with Crippen LogP contribution in [0.2, 0.25) is 0 Å². The molecule has 11 aromatic carbocycles. The molecule has 14 rings (SSSR count). The number of aromatic nitrogens is 3. The van der Waals surface area contributed by atoms with Crippen molar-refractivity contribution in [1.82, 2.24) is 13.7 Å². The Morgan fingerprint density at radius 2 is 0.523 bits per heavy atom. The van der Waals surface area contributed by atoms with Crippen LogP contribution in [0, 0.1) is 0 Å². The molecule has 0 aliphatic carbocycles. The van der Waals surface area contributed by atoms with E-state index in [4.69, 9.17) is 0 Å². The number of nitrogens with zero attached hydrogens (tertiary/aromatic N) is 3. The maximum absolute atomic E-state index is 2.38. The van der Waals surface area contributed by atoms with E-state index in [0.29, 0.717) is 0 Å². The van der Waals surface area contributed by atoms with Crippen molar-refractivity contribution in [3.05, 3.63) is 261 Å². The van der Waals surface area contributed by atoms with Crippen molar-refractivity contribution in [3.8, 4) is 17.1 Å². The molecule has 0 unspecified atom stereocenters. The number of benzene rings is 11. The molecule has 0 amide bonds. The summed E-state index contributed by atoms with van der Waals surface area (Å²) in [6.45, 7) is 0. The number of hydrogen-bond donors (Lipinski definition) is 0. The molecule has 14 aromatic rings. The summed E-state index contributed by atoms with van der Waals surface area (Å²) < 4.78 is 7.06. The Morgan fingerprint density at radius 1 is 0.185 bits per heavy atom. The van der Waals surface area contributed by atoms with Gasteiger partial charge in [0.05, 0.1) is 38.8 Å². The minimum Gasteiger partial charge on any atom is -0.309 e. The molecule has 0 spiro atoms. The highest BCUT2D eigenvalue weighted by Gasteiger charge is 2.14. The molecule has 3 nitrogen and oxygen atoms in total. The lowest BCUT2D eigenvalue weighted by molar-refractivity contribution is 1.18. The van der Waals surface area contributed by atoms with Crippen LogP contribution in [0.15, 0.2) is 261 Å². The van der Waals surface area contributed by atoms with Crippen LogP contribution in [0.3, 0.4) is 0 Å². The first-order valence-electron chi connectivity index (χ1n) is 22.3. The normalized spacial score (nSPS) is 11.4. The van der Waals surface area contributed by atoms with Crippen molar-refractivity contribution in [2.24, 2.45) is 0 Å². The summed E-state index contributed by atoms with van der Waals surface area (Å²) in [5.41, 5.74) is 11.2. The third kappa shape index (κ3) is 6.61. The average Bonchev–Trinajstić information content (AvgIpc) is 4.03. The van der Waals surface area contributed by atoms with E-state index in [1.807, 2.05) is 0 Å². The molecule has 0 saturated heterocycles. The quantitative estimate of drug-likeness (QED) is 0.169. The van der Waals surface area contributed by atoms with E-state index in [9.17, 15) is 0 Å². The predicted molar refractivity (Wildman–Crippen MR) is 277 cm³/mol. The Balaban J connectivity index is 0.000000103. The molecule has 0 atom stereocenters. The van der Waals surface area contributed by atoms with Gasteiger partial charge in [0.1, 0.15) is 0 Å². The lowest BCUT2D eigenvalue weighted by Gasteiger charge is -2.11. The number of rotatable bonds is 3. The summed E-state index contributed by atoms with van der Waals surface area (Å²) in [4.78, 5) is 0. The highest BCUT2D eigenvalue weighted by molar-refractivity contribution is 6.12. The van der Waals surface area contributed by atoms with Crippen LogP contribution in [-0.4, -0.2) is 13.7 Å². The second-order valence-corrected chi connectivity index (χ2v) is 16.5. The fraction of sp³-hybridized carbons (Fsp3) is 0. The molecule has 0 bridgehead atoms. The Bertz CT molecular complexity index is 3850. The van der Waals surface area contributed by atoms with Crippen molar-refractivity contribution >= 4 is 87.0 Å². The van der Waals surface area contributed by atoms with E-state index in [1.54, 1.807) is 0 Å². The average molecular weight is 830 g/mol. The van der Waals surface area contributed by atoms with Crippen molar-refractivity contribution < 1.29 is 0 Å². The first kappa shape index (κ1) is 38.0. The molecule has 0 N–H and O–H groups in total. The van der Waals surface area contributed by atoms with Crippen LogP contribution in [0.1, 0.15) is 0 Å². The summed E-state index contributed by atoms with van der Waals surface area (Å²) in [6, 6.07) is 92.5. The zero-order valence-electron chi connectivity index (χ0n) is 35.7. The summed E-state index contributed by atoms with van der Waals surface area (Å²) in [5.74, 6) is 0. The van der Waals surface area contributed by atoms with Gasteiger partial charge in [0.2, 0.25) is 0 Å². The van der Waals surface area contributed by atoms with Crippen LogP contribution >= 0.6 is 0 Å². The Hall–Kier alpha value is -8.66. The molecule has 3 heteroatoms. The molecule has 0 aliphatic rings. The van der Waals surface area contributed by atoms with Gasteiger partial charge in [-0.2, -0.15) is 0 Å². The lowest BCUT2D eigenvalue weighted by Crippen LogP contribution is -1.94. The zero-order valence-corrected chi connectivity index (χ0v) is 35.7. The van der Waals surface area contributed by atoms with Gasteiger partial charge in [0.25, 0.3) is 0 Å². The fourth-order valence-corrected chi connectivity index (χ4v) is 9.88. The molecule has 0 radical (unpaired) electrons. The van der Waals surface area contributed by atoms with Gasteiger partial charge in [-0.05, 0) is 82.9 Å². The summed E-state index contributed by atoms with van der Waals surface area (Å²) in [6.07, 6.45) is 0.